The monoisotopic (exact) mass is 362 g/mol. The number of amides is 1. The number of nitrogens with one attached hydrogen (secondary N) is 2. The number of carbonyl (C=O) groups is 1. The van der Waals surface area contributed by atoms with Crippen LogP contribution in [0, 0.1) is 13.8 Å². The van der Waals surface area contributed by atoms with E-state index in [9.17, 15) is 4.79 Å². The topological polar surface area (TPSA) is 85.4 Å². The van der Waals surface area contributed by atoms with Crippen LogP contribution in [0.4, 0.5) is 17.2 Å². The molecule has 1 aliphatic rings. The van der Waals surface area contributed by atoms with Crippen molar-refractivity contribution in [3.05, 3.63) is 65.6 Å². The lowest BCUT2D eigenvalue weighted by atomic mass is 10.1. The summed E-state index contributed by atoms with van der Waals surface area (Å²) < 4.78 is 10.7. The minimum atomic E-state index is -0.297. The maximum atomic E-state index is 12.5. The first kappa shape index (κ1) is 16.8. The maximum Gasteiger partial charge on any atom is 0.274 e. The van der Waals surface area contributed by atoms with Crippen LogP contribution < -0.4 is 20.1 Å². The second-order valence-electron chi connectivity index (χ2n) is 6.23. The van der Waals surface area contributed by atoms with Crippen LogP contribution >= 0.6 is 0 Å². The van der Waals surface area contributed by atoms with Gasteiger partial charge in [0.1, 0.15) is 17.8 Å². The van der Waals surface area contributed by atoms with Crippen LogP contribution in [-0.2, 0) is 0 Å². The Morgan fingerprint density at radius 2 is 1.74 bits per heavy atom. The number of carbonyl (C=O) groups excluding carboxylic acids is 1. The number of ether oxygens (including phenoxy) is 2. The van der Waals surface area contributed by atoms with Gasteiger partial charge in [0.25, 0.3) is 5.91 Å². The van der Waals surface area contributed by atoms with Crippen molar-refractivity contribution in [3.63, 3.8) is 0 Å². The molecular weight excluding hydrogens is 344 g/mol. The highest BCUT2D eigenvalue weighted by molar-refractivity contribution is 6.03. The number of rotatable bonds is 4. The predicted octanol–water partition coefficient (Wildman–Crippen LogP) is 3.82. The van der Waals surface area contributed by atoms with E-state index < -0.39 is 0 Å². The van der Waals surface area contributed by atoms with Gasteiger partial charge in [-0.3, -0.25) is 4.79 Å². The van der Waals surface area contributed by atoms with Crippen molar-refractivity contribution >= 4 is 23.1 Å². The van der Waals surface area contributed by atoms with Crippen LogP contribution in [0.1, 0.15) is 21.6 Å². The molecule has 1 aliphatic heterocycles. The minimum Gasteiger partial charge on any atom is -0.454 e. The number of hydrogen-bond donors (Lipinski definition) is 2. The lowest BCUT2D eigenvalue weighted by Gasteiger charge is -2.09. The second kappa shape index (κ2) is 6.95. The first-order valence-electron chi connectivity index (χ1n) is 8.46. The molecule has 2 N–H and O–H groups in total. The van der Waals surface area contributed by atoms with Crippen LogP contribution in [0.5, 0.6) is 11.5 Å². The van der Waals surface area contributed by atoms with Gasteiger partial charge in [0, 0.05) is 23.5 Å². The van der Waals surface area contributed by atoms with Crippen molar-refractivity contribution in [1.29, 1.82) is 0 Å². The van der Waals surface area contributed by atoms with Crippen molar-refractivity contribution in [2.45, 2.75) is 13.8 Å². The van der Waals surface area contributed by atoms with Crippen molar-refractivity contribution < 1.29 is 14.3 Å². The Labute approximate surface area is 156 Å². The maximum absolute atomic E-state index is 12.5. The van der Waals surface area contributed by atoms with E-state index in [1.165, 1.54) is 11.9 Å². The molecule has 4 rings (SSSR count). The largest absolute Gasteiger partial charge is 0.454 e. The highest BCUT2D eigenvalue weighted by atomic mass is 16.7. The molecule has 0 fully saturated rings. The molecular formula is C20H18N4O3. The van der Waals surface area contributed by atoms with E-state index in [2.05, 4.69) is 20.6 Å². The molecule has 27 heavy (non-hydrogen) atoms. The van der Waals surface area contributed by atoms with Gasteiger partial charge in [-0.25, -0.2) is 9.97 Å². The number of fused-ring (bicyclic) bond motifs is 1. The molecule has 0 atom stereocenters. The van der Waals surface area contributed by atoms with E-state index in [0.29, 0.717) is 17.3 Å². The Morgan fingerprint density at radius 3 is 2.59 bits per heavy atom. The zero-order valence-electron chi connectivity index (χ0n) is 14.9. The molecule has 0 bridgehead atoms. The first-order valence-corrected chi connectivity index (χ1v) is 8.46. The number of hydrogen-bond acceptors (Lipinski definition) is 6. The zero-order chi connectivity index (χ0) is 18.8. The highest BCUT2D eigenvalue weighted by Gasteiger charge is 2.14. The summed E-state index contributed by atoms with van der Waals surface area (Å²) in [6.45, 7) is 4.25. The number of anilines is 3. The average Bonchev–Trinajstić information content (AvgIpc) is 3.13. The van der Waals surface area contributed by atoms with E-state index in [1.807, 2.05) is 50.2 Å². The van der Waals surface area contributed by atoms with Crippen LogP contribution in [0.25, 0.3) is 0 Å². The van der Waals surface area contributed by atoms with Gasteiger partial charge in [-0.2, -0.15) is 0 Å². The van der Waals surface area contributed by atoms with E-state index in [-0.39, 0.29) is 18.4 Å². The molecule has 7 heteroatoms. The third kappa shape index (κ3) is 3.67. The van der Waals surface area contributed by atoms with Crippen molar-refractivity contribution in [2.24, 2.45) is 0 Å². The first-order chi connectivity index (χ1) is 13.1. The van der Waals surface area contributed by atoms with Gasteiger partial charge >= 0.3 is 0 Å². The summed E-state index contributed by atoms with van der Waals surface area (Å²) in [7, 11) is 0. The minimum absolute atomic E-state index is 0.217. The average molecular weight is 362 g/mol. The van der Waals surface area contributed by atoms with Gasteiger partial charge in [0.15, 0.2) is 11.5 Å². The van der Waals surface area contributed by atoms with E-state index in [4.69, 9.17) is 9.47 Å². The molecule has 136 valence electrons. The van der Waals surface area contributed by atoms with Crippen LogP contribution in [0.3, 0.4) is 0 Å². The lowest BCUT2D eigenvalue weighted by Crippen LogP contribution is -2.14. The quantitative estimate of drug-likeness (QED) is 0.734. The van der Waals surface area contributed by atoms with E-state index in [1.54, 1.807) is 6.07 Å². The molecule has 0 saturated carbocycles. The molecule has 0 aliphatic carbocycles. The summed E-state index contributed by atoms with van der Waals surface area (Å²) in [5, 5.41) is 6.00. The Hall–Kier alpha value is -3.61. The van der Waals surface area contributed by atoms with Gasteiger partial charge in [-0.1, -0.05) is 6.07 Å². The molecule has 1 aromatic heterocycles. The molecule has 2 aromatic carbocycles. The van der Waals surface area contributed by atoms with Crippen molar-refractivity contribution in [3.8, 4) is 11.5 Å². The van der Waals surface area contributed by atoms with Crippen LogP contribution in [-0.4, -0.2) is 22.7 Å². The summed E-state index contributed by atoms with van der Waals surface area (Å²) in [4.78, 5) is 20.7. The van der Waals surface area contributed by atoms with Crippen molar-refractivity contribution in [2.75, 3.05) is 17.4 Å². The normalized spacial score (nSPS) is 11.9. The molecule has 2 heterocycles. The second-order valence-corrected chi connectivity index (χ2v) is 6.23. The summed E-state index contributed by atoms with van der Waals surface area (Å²) in [6, 6.07) is 12.9. The van der Waals surface area contributed by atoms with Gasteiger partial charge in [0.05, 0.1) is 0 Å². The smallest absolute Gasteiger partial charge is 0.274 e. The van der Waals surface area contributed by atoms with E-state index in [0.717, 1.165) is 16.9 Å². The number of nitrogens with zero attached hydrogens (tertiary/aromatic N) is 2. The van der Waals surface area contributed by atoms with Gasteiger partial charge in [0.2, 0.25) is 6.79 Å². The third-order valence-electron chi connectivity index (χ3n) is 4.31. The number of aryl methyl sites for hydroxylation is 2. The Kier molecular flexibility index (Phi) is 4.33. The summed E-state index contributed by atoms with van der Waals surface area (Å²) in [6.07, 6.45) is 1.35. The third-order valence-corrected chi connectivity index (χ3v) is 4.31. The van der Waals surface area contributed by atoms with E-state index >= 15 is 0 Å². The molecule has 7 nitrogen and oxygen atoms in total. The Bertz CT molecular complexity index is 1020. The molecule has 0 unspecified atom stereocenters. The standard InChI is InChI=1S/C20H18N4O3/c1-12-3-4-14(7-13(12)2)24-20(25)16-9-19(22-10-21-16)23-15-5-6-17-18(8-15)27-11-26-17/h3-10H,11H2,1-2H3,(H,24,25)(H,21,22,23). The lowest BCUT2D eigenvalue weighted by molar-refractivity contribution is 0.102. The summed E-state index contributed by atoms with van der Waals surface area (Å²) in [5.74, 6) is 1.59. The summed E-state index contributed by atoms with van der Waals surface area (Å²) >= 11 is 0. The molecule has 3 aromatic rings. The number of aromatic nitrogens is 2. The predicted molar refractivity (Wildman–Crippen MR) is 102 cm³/mol. The fraction of sp³-hybridized carbons (Fsp3) is 0.150. The molecule has 0 saturated heterocycles. The van der Waals surface area contributed by atoms with Gasteiger partial charge in [-0.15, -0.1) is 0 Å². The van der Waals surface area contributed by atoms with Gasteiger partial charge in [-0.05, 0) is 49.2 Å². The van der Waals surface area contributed by atoms with Crippen molar-refractivity contribution in [1.82, 2.24) is 9.97 Å². The molecule has 0 spiro atoms. The zero-order valence-corrected chi connectivity index (χ0v) is 14.9. The fourth-order valence-electron chi connectivity index (χ4n) is 2.69. The van der Waals surface area contributed by atoms with Gasteiger partial charge < -0.3 is 20.1 Å². The number of benzene rings is 2. The van der Waals surface area contributed by atoms with Crippen LogP contribution in [0.2, 0.25) is 0 Å². The SMILES string of the molecule is Cc1ccc(NC(=O)c2cc(Nc3ccc4c(c3)OCO4)ncn2)cc1C. The summed E-state index contributed by atoms with van der Waals surface area (Å²) in [5.41, 5.74) is 4.06. The van der Waals surface area contributed by atoms with Crippen LogP contribution in [0.15, 0.2) is 48.8 Å². The highest BCUT2D eigenvalue weighted by Crippen LogP contribution is 2.34. The Morgan fingerprint density at radius 1 is 0.926 bits per heavy atom. The fourth-order valence-corrected chi connectivity index (χ4v) is 2.69. The Balaban J connectivity index is 1.49. The molecule has 0 radical (unpaired) electrons. The molecule has 1 amide bonds.